The largest absolute Gasteiger partial charge is 0.393 e. The number of benzene rings is 1. The van der Waals surface area contributed by atoms with Gasteiger partial charge in [0.1, 0.15) is 5.82 Å². The molecule has 1 heterocycles. The van der Waals surface area contributed by atoms with Crippen LogP contribution in [-0.2, 0) is 0 Å². The average Bonchev–Trinajstić information content (AvgIpc) is 2.61. The zero-order valence-electron chi connectivity index (χ0n) is 9.07. The molecule has 2 rings (SSSR count). The monoisotopic (exact) mass is 204 g/mol. The van der Waals surface area contributed by atoms with Crippen LogP contribution in [0.2, 0.25) is 0 Å². The van der Waals surface area contributed by atoms with Gasteiger partial charge in [-0.1, -0.05) is 19.1 Å². The molecular weight excluding hydrogens is 188 g/mol. The summed E-state index contributed by atoms with van der Waals surface area (Å²) in [7, 11) is 0. The minimum atomic E-state index is -0.365. The van der Waals surface area contributed by atoms with Gasteiger partial charge in [0.25, 0.3) is 0 Å². The van der Waals surface area contributed by atoms with E-state index in [9.17, 15) is 5.11 Å². The summed E-state index contributed by atoms with van der Waals surface area (Å²) in [5.74, 6) is 0.978. The summed E-state index contributed by atoms with van der Waals surface area (Å²) in [4.78, 5) is 7.75. The summed E-state index contributed by atoms with van der Waals surface area (Å²) < 4.78 is 0. The van der Waals surface area contributed by atoms with Gasteiger partial charge in [-0.05, 0) is 25.5 Å². The number of hydrogen-bond donors (Lipinski definition) is 2. The van der Waals surface area contributed by atoms with Crippen LogP contribution in [0, 0.1) is 0 Å². The van der Waals surface area contributed by atoms with Gasteiger partial charge >= 0.3 is 0 Å². The maximum absolute atomic E-state index is 9.63. The lowest BCUT2D eigenvalue weighted by Gasteiger charge is -2.14. The normalized spacial score (nSPS) is 15.4. The van der Waals surface area contributed by atoms with E-state index in [1.165, 1.54) is 0 Å². The van der Waals surface area contributed by atoms with E-state index in [4.69, 9.17) is 0 Å². The third-order valence-corrected chi connectivity index (χ3v) is 2.78. The van der Waals surface area contributed by atoms with Gasteiger partial charge in [-0.25, -0.2) is 4.98 Å². The van der Waals surface area contributed by atoms with Gasteiger partial charge in [-0.15, -0.1) is 0 Å². The number of nitrogens with one attached hydrogen (secondary N) is 1. The second-order valence-electron chi connectivity index (χ2n) is 3.89. The number of para-hydroxylation sites is 2. The minimum Gasteiger partial charge on any atom is -0.393 e. The van der Waals surface area contributed by atoms with Crippen LogP contribution in [0.3, 0.4) is 0 Å². The van der Waals surface area contributed by atoms with Gasteiger partial charge in [0.2, 0.25) is 0 Å². The van der Waals surface area contributed by atoms with Gasteiger partial charge in [0.05, 0.1) is 17.1 Å². The number of nitrogens with zero attached hydrogens (tertiary/aromatic N) is 1. The first kappa shape index (κ1) is 10.2. The van der Waals surface area contributed by atoms with Crippen LogP contribution in [0.5, 0.6) is 0 Å². The third kappa shape index (κ3) is 1.88. The van der Waals surface area contributed by atoms with Crippen molar-refractivity contribution >= 4 is 11.0 Å². The van der Waals surface area contributed by atoms with Crippen LogP contribution in [0.15, 0.2) is 24.3 Å². The number of imidazole rings is 1. The topological polar surface area (TPSA) is 48.9 Å². The number of hydrogen-bond acceptors (Lipinski definition) is 2. The van der Waals surface area contributed by atoms with E-state index in [1.54, 1.807) is 6.92 Å². The number of H-pyrrole nitrogens is 1. The Morgan fingerprint density at radius 2 is 2.13 bits per heavy atom. The van der Waals surface area contributed by atoms with Crippen LogP contribution in [0.1, 0.15) is 32.0 Å². The summed E-state index contributed by atoms with van der Waals surface area (Å²) in [5, 5.41) is 9.63. The van der Waals surface area contributed by atoms with Crippen LogP contribution >= 0.6 is 0 Å². The first-order valence-electron chi connectivity index (χ1n) is 5.35. The lowest BCUT2D eigenvalue weighted by atomic mass is 10.0. The highest BCUT2D eigenvalue weighted by Crippen LogP contribution is 2.23. The van der Waals surface area contributed by atoms with Crippen LogP contribution in [0.25, 0.3) is 11.0 Å². The highest BCUT2D eigenvalue weighted by atomic mass is 16.3. The standard InChI is InChI=1S/C12H16N2O/c1-3-9(8(2)15)12-13-10-6-4-5-7-11(10)14-12/h4-9,15H,3H2,1-2H3,(H,13,14). The number of aromatic nitrogens is 2. The van der Waals surface area contributed by atoms with E-state index in [-0.39, 0.29) is 12.0 Å². The number of aliphatic hydroxyl groups is 1. The molecule has 2 unspecified atom stereocenters. The molecule has 2 aromatic rings. The minimum absolute atomic E-state index is 0.0948. The lowest BCUT2D eigenvalue weighted by molar-refractivity contribution is 0.156. The fourth-order valence-electron chi connectivity index (χ4n) is 1.91. The molecule has 0 radical (unpaired) electrons. The van der Waals surface area contributed by atoms with Gasteiger partial charge in [0, 0.05) is 5.92 Å². The van der Waals surface area contributed by atoms with E-state index < -0.39 is 0 Å². The van der Waals surface area contributed by atoms with Gasteiger partial charge in [-0.2, -0.15) is 0 Å². The molecule has 0 fully saturated rings. The fraction of sp³-hybridized carbons (Fsp3) is 0.417. The number of aliphatic hydroxyl groups excluding tert-OH is 1. The van der Waals surface area contributed by atoms with Crippen LogP contribution in [0.4, 0.5) is 0 Å². The molecule has 0 spiro atoms. The predicted octanol–water partition coefficient (Wildman–Crippen LogP) is 2.44. The van der Waals surface area contributed by atoms with Gasteiger partial charge in [-0.3, -0.25) is 0 Å². The molecule has 3 nitrogen and oxygen atoms in total. The Bertz CT molecular complexity index is 415. The van der Waals surface area contributed by atoms with Crippen LogP contribution in [-0.4, -0.2) is 21.2 Å². The van der Waals surface area contributed by atoms with Gasteiger partial charge in [0.15, 0.2) is 0 Å². The van der Waals surface area contributed by atoms with E-state index in [2.05, 4.69) is 16.9 Å². The average molecular weight is 204 g/mol. The molecule has 0 saturated heterocycles. The molecule has 3 heteroatoms. The van der Waals surface area contributed by atoms with Crippen molar-refractivity contribution in [1.29, 1.82) is 0 Å². The molecule has 0 amide bonds. The molecule has 0 aliphatic rings. The Hall–Kier alpha value is -1.35. The third-order valence-electron chi connectivity index (χ3n) is 2.78. The van der Waals surface area contributed by atoms with Crippen molar-refractivity contribution in [2.24, 2.45) is 0 Å². The zero-order valence-corrected chi connectivity index (χ0v) is 9.07. The summed E-state index contributed by atoms with van der Waals surface area (Å²) in [6.07, 6.45) is 0.521. The van der Waals surface area contributed by atoms with Crippen molar-refractivity contribution in [3.63, 3.8) is 0 Å². The van der Waals surface area contributed by atoms with Crippen molar-refractivity contribution < 1.29 is 5.11 Å². The Morgan fingerprint density at radius 1 is 1.40 bits per heavy atom. The molecule has 0 saturated carbocycles. The Morgan fingerprint density at radius 3 is 2.73 bits per heavy atom. The van der Waals surface area contributed by atoms with E-state index >= 15 is 0 Å². The van der Waals surface area contributed by atoms with Gasteiger partial charge < -0.3 is 10.1 Å². The van der Waals surface area contributed by atoms with Crippen molar-refractivity contribution in [2.75, 3.05) is 0 Å². The smallest absolute Gasteiger partial charge is 0.112 e. The SMILES string of the molecule is CCC(c1nc2ccccc2[nH]1)C(C)O. The highest BCUT2D eigenvalue weighted by molar-refractivity contribution is 5.74. The molecular formula is C12H16N2O. The molecule has 0 aliphatic heterocycles. The quantitative estimate of drug-likeness (QED) is 0.806. The number of fused-ring (bicyclic) bond motifs is 1. The Kier molecular flexibility index (Phi) is 2.73. The first-order chi connectivity index (χ1) is 7.22. The van der Waals surface area contributed by atoms with E-state index in [0.29, 0.717) is 0 Å². The van der Waals surface area contributed by atoms with Crippen LogP contribution < -0.4 is 0 Å². The Balaban J connectivity index is 2.43. The van der Waals surface area contributed by atoms with E-state index in [1.807, 2.05) is 24.3 Å². The summed E-state index contributed by atoms with van der Waals surface area (Å²) in [5.41, 5.74) is 2.00. The van der Waals surface area contributed by atoms with Crippen molar-refractivity contribution in [1.82, 2.24) is 9.97 Å². The first-order valence-corrected chi connectivity index (χ1v) is 5.35. The molecule has 0 aliphatic carbocycles. The van der Waals surface area contributed by atoms with E-state index in [0.717, 1.165) is 23.3 Å². The van der Waals surface area contributed by atoms with Crippen molar-refractivity contribution in [3.8, 4) is 0 Å². The predicted molar refractivity (Wildman–Crippen MR) is 60.8 cm³/mol. The summed E-state index contributed by atoms with van der Waals surface area (Å²) >= 11 is 0. The maximum atomic E-state index is 9.63. The second kappa shape index (κ2) is 4.03. The fourth-order valence-corrected chi connectivity index (χ4v) is 1.91. The second-order valence-corrected chi connectivity index (χ2v) is 3.89. The lowest BCUT2D eigenvalue weighted by Crippen LogP contribution is -2.15. The molecule has 1 aromatic heterocycles. The number of rotatable bonds is 3. The molecule has 2 atom stereocenters. The zero-order chi connectivity index (χ0) is 10.8. The molecule has 2 N–H and O–H groups in total. The summed E-state index contributed by atoms with van der Waals surface area (Å²) in [6.45, 7) is 3.87. The number of aromatic amines is 1. The summed E-state index contributed by atoms with van der Waals surface area (Å²) in [6, 6.07) is 7.93. The molecule has 1 aromatic carbocycles. The molecule has 0 bridgehead atoms. The van der Waals surface area contributed by atoms with Crippen molar-refractivity contribution in [2.45, 2.75) is 32.3 Å². The molecule has 15 heavy (non-hydrogen) atoms. The maximum Gasteiger partial charge on any atom is 0.112 e. The Labute approximate surface area is 89.2 Å². The molecule has 80 valence electrons. The highest BCUT2D eigenvalue weighted by Gasteiger charge is 2.18. The van der Waals surface area contributed by atoms with Crippen molar-refractivity contribution in [3.05, 3.63) is 30.1 Å².